The van der Waals surface area contributed by atoms with Crippen molar-refractivity contribution >= 4 is 71.3 Å². The van der Waals surface area contributed by atoms with E-state index in [-0.39, 0.29) is 6.42 Å². The number of hydrogen-bond donors (Lipinski definition) is 12. The van der Waals surface area contributed by atoms with Crippen molar-refractivity contribution in [1.82, 2.24) is 31.9 Å². The fourth-order valence-corrected chi connectivity index (χ4v) is 3.96. The van der Waals surface area contributed by atoms with Crippen LogP contribution in [0.1, 0.15) is 58.8 Å². The quantitative estimate of drug-likeness (QED) is 0.0442. The van der Waals surface area contributed by atoms with Crippen molar-refractivity contribution in [3.63, 3.8) is 0 Å². The minimum Gasteiger partial charge on any atom is -0.481 e. The molecule has 0 aromatic rings. The molecule has 0 aromatic heterocycles. The van der Waals surface area contributed by atoms with E-state index in [1.54, 1.807) is 0 Å². The molecule has 284 valence electrons. The van der Waals surface area contributed by atoms with E-state index in [4.69, 9.17) is 10.2 Å². The SMILES string of the molecule is CCC(=O)NC(CC(=O)O)C(=O)NC(CC(=O)O)C(=O)NC(CC(=O)O)C(=O)NC(CC(=O)O)C(=O)NC(CC(=O)O)C(=O)NC(C)CC(=O)O. The largest absolute Gasteiger partial charge is 0.481 e. The number of amides is 6. The van der Waals surface area contributed by atoms with Crippen molar-refractivity contribution in [3.05, 3.63) is 0 Å². The van der Waals surface area contributed by atoms with Gasteiger partial charge in [-0.15, -0.1) is 0 Å². The van der Waals surface area contributed by atoms with Crippen LogP contribution in [0.25, 0.3) is 0 Å². The van der Waals surface area contributed by atoms with Gasteiger partial charge in [0, 0.05) is 12.5 Å². The standard InChI is InChI=1S/C27H38N6O18/c1-3-16(34)29-11(5-18(37)38)24(48)31-13(7-20(41)42)26(50)33-15(9-22(45)46)27(51)32-14(8-21(43)44)25(49)30-12(6-19(39)40)23(47)28-10(2)4-17(35)36/h10-15H,3-9H2,1-2H3,(H,28,47)(H,29,34)(H,30,49)(H,31,48)(H,32,51)(H,33,50)(H,35,36)(H,37,38)(H,39,40)(H,41,42)(H,43,44)(H,45,46). The lowest BCUT2D eigenvalue weighted by atomic mass is 10.1. The Hall–Kier alpha value is -6.36. The van der Waals surface area contributed by atoms with Crippen LogP contribution in [0.2, 0.25) is 0 Å². The van der Waals surface area contributed by atoms with E-state index in [9.17, 15) is 78.0 Å². The van der Waals surface area contributed by atoms with E-state index in [2.05, 4.69) is 10.6 Å². The van der Waals surface area contributed by atoms with Crippen molar-refractivity contribution in [2.24, 2.45) is 0 Å². The van der Waals surface area contributed by atoms with Crippen molar-refractivity contribution in [2.75, 3.05) is 0 Å². The Labute approximate surface area is 286 Å². The van der Waals surface area contributed by atoms with Gasteiger partial charge in [0.15, 0.2) is 0 Å². The maximum Gasteiger partial charge on any atom is 0.305 e. The molecular weight excluding hydrogens is 696 g/mol. The summed E-state index contributed by atoms with van der Waals surface area (Å²) < 4.78 is 0. The van der Waals surface area contributed by atoms with E-state index < -0.39 is 146 Å². The number of aliphatic carboxylic acids is 6. The minimum atomic E-state index is -2.21. The van der Waals surface area contributed by atoms with Crippen molar-refractivity contribution in [3.8, 4) is 0 Å². The molecule has 12 N–H and O–H groups in total. The van der Waals surface area contributed by atoms with Gasteiger partial charge in [0.05, 0.1) is 38.5 Å². The number of carboxylic acid groups (broad SMARTS) is 6. The number of hydrogen-bond acceptors (Lipinski definition) is 12. The van der Waals surface area contributed by atoms with E-state index >= 15 is 0 Å². The first-order chi connectivity index (χ1) is 23.5. The van der Waals surface area contributed by atoms with Gasteiger partial charge < -0.3 is 62.5 Å². The lowest BCUT2D eigenvalue weighted by Crippen LogP contribution is -2.60. The second kappa shape index (κ2) is 21.6. The Morgan fingerprint density at radius 3 is 0.804 bits per heavy atom. The van der Waals surface area contributed by atoms with E-state index in [1.165, 1.54) is 13.8 Å². The van der Waals surface area contributed by atoms with Crippen LogP contribution in [0.3, 0.4) is 0 Å². The molecule has 6 unspecified atom stereocenters. The molecule has 0 bridgehead atoms. The van der Waals surface area contributed by atoms with Crippen LogP contribution in [0, 0.1) is 0 Å². The number of carbonyl (C=O) groups is 12. The molecule has 51 heavy (non-hydrogen) atoms. The Morgan fingerprint density at radius 2 is 0.588 bits per heavy atom. The first-order valence-electron chi connectivity index (χ1n) is 14.7. The Bertz CT molecular complexity index is 1400. The van der Waals surface area contributed by atoms with Gasteiger partial charge in [-0.3, -0.25) is 57.5 Å². The normalized spacial score (nSPS) is 14.0. The molecule has 0 aliphatic heterocycles. The molecule has 0 aromatic carbocycles. The second-order valence-electron chi connectivity index (χ2n) is 10.7. The summed E-state index contributed by atoms with van der Waals surface area (Å²) in [5.41, 5.74) is 0. The lowest BCUT2D eigenvalue weighted by Gasteiger charge is -2.26. The summed E-state index contributed by atoms with van der Waals surface area (Å²) in [7, 11) is 0. The molecular formula is C27H38N6O18. The Balaban J connectivity index is 6.25. The third kappa shape index (κ3) is 18.7. The number of carboxylic acids is 6. The molecule has 0 radical (unpaired) electrons. The first-order valence-corrected chi connectivity index (χ1v) is 14.7. The molecule has 6 atom stereocenters. The molecule has 6 amide bonds. The predicted octanol–water partition coefficient (Wildman–Crippen LogP) is -4.83. The fraction of sp³-hybridized carbons (Fsp3) is 0.556. The van der Waals surface area contributed by atoms with Crippen LogP contribution in [0.15, 0.2) is 0 Å². The molecule has 0 spiro atoms. The highest BCUT2D eigenvalue weighted by Gasteiger charge is 2.35. The molecule has 0 saturated heterocycles. The summed E-state index contributed by atoms with van der Waals surface area (Å²) in [4.78, 5) is 144. The summed E-state index contributed by atoms with van der Waals surface area (Å²) in [5, 5.41) is 66.6. The summed E-state index contributed by atoms with van der Waals surface area (Å²) >= 11 is 0. The van der Waals surface area contributed by atoms with Gasteiger partial charge in [0.25, 0.3) is 0 Å². The molecule has 0 fully saturated rings. The first kappa shape index (κ1) is 44.6. The number of carbonyl (C=O) groups excluding carboxylic acids is 6. The Kier molecular flexibility index (Phi) is 18.9. The van der Waals surface area contributed by atoms with Crippen LogP contribution in [-0.4, -0.2) is 138 Å². The molecule has 0 rings (SSSR count). The number of nitrogens with one attached hydrogen (secondary N) is 6. The maximum absolute atomic E-state index is 13.1. The highest BCUT2D eigenvalue weighted by atomic mass is 16.4. The minimum absolute atomic E-state index is 0.200. The van der Waals surface area contributed by atoms with Gasteiger partial charge >= 0.3 is 35.8 Å². The molecule has 0 heterocycles. The average molecular weight is 735 g/mol. The summed E-state index contributed by atoms with van der Waals surface area (Å²) in [6.45, 7) is 2.60. The van der Waals surface area contributed by atoms with Crippen molar-refractivity contribution < 1.29 is 88.2 Å². The average Bonchev–Trinajstić information content (AvgIpc) is 2.97. The maximum atomic E-state index is 13.1. The second-order valence-corrected chi connectivity index (χ2v) is 10.7. The third-order valence-corrected chi connectivity index (χ3v) is 6.27. The summed E-state index contributed by atoms with van der Waals surface area (Å²) in [6, 6.07) is -11.3. The van der Waals surface area contributed by atoms with Crippen LogP contribution < -0.4 is 31.9 Å². The van der Waals surface area contributed by atoms with Gasteiger partial charge in [-0.1, -0.05) is 6.92 Å². The zero-order chi connectivity index (χ0) is 39.6. The summed E-state index contributed by atoms with van der Waals surface area (Å²) in [5.74, 6) is -17.8. The topological polar surface area (TPSA) is 398 Å². The zero-order valence-corrected chi connectivity index (χ0v) is 27.0. The van der Waals surface area contributed by atoms with Crippen molar-refractivity contribution in [1.29, 1.82) is 0 Å². The van der Waals surface area contributed by atoms with Crippen LogP contribution in [-0.2, 0) is 57.5 Å². The molecule has 24 nitrogen and oxygen atoms in total. The lowest BCUT2D eigenvalue weighted by molar-refractivity contribution is -0.145. The predicted molar refractivity (Wildman–Crippen MR) is 161 cm³/mol. The van der Waals surface area contributed by atoms with Crippen LogP contribution >= 0.6 is 0 Å². The smallest absolute Gasteiger partial charge is 0.305 e. The van der Waals surface area contributed by atoms with Crippen LogP contribution in [0.5, 0.6) is 0 Å². The molecule has 24 heteroatoms. The van der Waals surface area contributed by atoms with E-state index in [0.29, 0.717) is 0 Å². The van der Waals surface area contributed by atoms with Gasteiger partial charge in [-0.25, -0.2) is 0 Å². The fourth-order valence-electron chi connectivity index (χ4n) is 3.96. The highest BCUT2D eigenvalue weighted by molar-refractivity contribution is 6.00. The van der Waals surface area contributed by atoms with Crippen molar-refractivity contribution in [2.45, 2.75) is 95.0 Å². The third-order valence-electron chi connectivity index (χ3n) is 6.27. The van der Waals surface area contributed by atoms with Crippen LogP contribution in [0.4, 0.5) is 0 Å². The highest BCUT2D eigenvalue weighted by Crippen LogP contribution is 2.05. The monoisotopic (exact) mass is 734 g/mol. The zero-order valence-electron chi connectivity index (χ0n) is 27.0. The van der Waals surface area contributed by atoms with E-state index in [1.807, 2.05) is 21.3 Å². The summed E-state index contributed by atoms with van der Waals surface area (Å²) in [6.07, 6.45) is -6.68. The molecule has 0 saturated carbocycles. The molecule has 0 aliphatic rings. The van der Waals surface area contributed by atoms with Gasteiger partial charge in [-0.05, 0) is 6.92 Å². The Morgan fingerprint density at radius 1 is 0.373 bits per heavy atom. The van der Waals surface area contributed by atoms with Gasteiger partial charge in [-0.2, -0.15) is 0 Å². The number of rotatable bonds is 24. The van der Waals surface area contributed by atoms with Gasteiger partial charge in [0.1, 0.15) is 30.2 Å². The van der Waals surface area contributed by atoms with Gasteiger partial charge in [0.2, 0.25) is 35.4 Å². The van der Waals surface area contributed by atoms with E-state index in [0.717, 1.165) is 0 Å². The molecule has 0 aliphatic carbocycles.